The Morgan fingerprint density at radius 2 is 2.00 bits per heavy atom. The Hall–Kier alpha value is -0.870. The molecule has 0 bridgehead atoms. The zero-order valence-corrected chi connectivity index (χ0v) is 5.97. The lowest BCUT2D eigenvalue weighted by molar-refractivity contribution is 0.461. The molecule has 0 aliphatic heterocycles. The summed E-state index contributed by atoms with van der Waals surface area (Å²) in [5.41, 5.74) is 0. The number of benzene rings is 1. The van der Waals surface area contributed by atoms with Crippen LogP contribution in [0.15, 0.2) is 29.2 Å². The predicted molar refractivity (Wildman–Crippen MR) is 38.7 cm³/mol. The Morgan fingerprint density at radius 3 is 2.40 bits per heavy atom. The van der Waals surface area contributed by atoms with Crippen LogP contribution in [-0.2, 0) is 11.0 Å². The van der Waals surface area contributed by atoms with E-state index < -0.39 is 11.0 Å². The molecule has 54 valence electrons. The fraction of sp³-hybridized carbons (Fsp3) is 0. The summed E-state index contributed by atoms with van der Waals surface area (Å²) in [7, 11) is -1.59. The lowest BCUT2D eigenvalue weighted by atomic mass is 10.3. The van der Waals surface area contributed by atoms with Crippen LogP contribution < -0.4 is 5.14 Å². The van der Waals surface area contributed by atoms with Crippen molar-refractivity contribution in [1.82, 2.24) is 0 Å². The molecule has 1 atom stereocenters. The average Bonchev–Trinajstić information content (AvgIpc) is 1.88. The van der Waals surface area contributed by atoms with E-state index in [0.717, 1.165) is 0 Å². The molecule has 1 unspecified atom stereocenters. The van der Waals surface area contributed by atoms with E-state index in [-0.39, 0.29) is 10.6 Å². The summed E-state index contributed by atoms with van der Waals surface area (Å²) in [4.78, 5) is 0.266. The average molecular weight is 157 g/mol. The summed E-state index contributed by atoms with van der Waals surface area (Å²) >= 11 is 0. The molecule has 10 heavy (non-hydrogen) atoms. The largest absolute Gasteiger partial charge is 0.507 e. The van der Waals surface area contributed by atoms with Gasteiger partial charge in [0.2, 0.25) is 0 Å². The van der Waals surface area contributed by atoms with Crippen LogP contribution in [0.5, 0.6) is 5.75 Å². The number of hydrogen-bond donors (Lipinski definition) is 2. The van der Waals surface area contributed by atoms with E-state index in [4.69, 9.17) is 10.2 Å². The predicted octanol–water partition coefficient (Wildman–Crippen LogP) is 0.374. The van der Waals surface area contributed by atoms with Crippen LogP contribution in [0.4, 0.5) is 0 Å². The highest BCUT2D eigenvalue weighted by Crippen LogP contribution is 2.16. The molecule has 0 aliphatic rings. The first-order chi connectivity index (χ1) is 4.72. The maximum absolute atomic E-state index is 10.6. The molecule has 0 aliphatic carbocycles. The molecule has 3 N–H and O–H groups in total. The summed E-state index contributed by atoms with van der Waals surface area (Å²) in [6.45, 7) is 0. The van der Waals surface area contributed by atoms with Crippen molar-refractivity contribution >= 4 is 11.0 Å². The highest BCUT2D eigenvalue weighted by atomic mass is 32.2. The molecule has 1 aromatic rings. The molecule has 0 spiro atoms. The zero-order valence-electron chi connectivity index (χ0n) is 5.15. The Balaban J connectivity index is 3.15. The van der Waals surface area contributed by atoms with Gasteiger partial charge in [-0.3, -0.25) is 0 Å². The van der Waals surface area contributed by atoms with Crippen molar-refractivity contribution in [3.05, 3.63) is 24.3 Å². The van der Waals surface area contributed by atoms with Gasteiger partial charge in [-0.15, -0.1) is 0 Å². The van der Waals surface area contributed by atoms with E-state index in [1.54, 1.807) is 12.1 Å². The molecule has 1 aromatic carbocycles. The first-order valence-electron chi connectivity index (χ1n) is 2.66. The third kappa shape index (κ3) is 1.34. The SMILES string of the molecule is NS(=O)c1ccccc1O. The Kier molecular flexibility index (Phi) is 2.03. The van der Waals surface area contributed by atoms with Gasteiger partial charge in [0.05, 0.1) is 4.90 Å². The van der Waals surface area contributed by atoms with E-state index in [9.17, 15) is 4.21 Å². The molecule has 0 amide bonds. The Labute approximate surface area is 61.1 Å². The molecule has 0 radical (unpaired) electrons. The number of nitrogens with two attached hydrogens (primary N) is 1. The number of hydrogen-bond acceptors (Lipinski definition) is 2. The van der Waals surface area contributed by atoms with E-state index in [1.807, 2.05) is 0 Å². The summed E-state index contributed by atoms with van der Waals surface area (Å²) in [5.74, 6) is -0.0247. The summed E-state index contributed by atoms with van der Waals surface area (Å²) < 4.78 is 10.6. The van der Waals surface area contributed by atoms with Gasteiger partial charge in [-0.25, -0.2) is 9.35 Å². The van der Waals surface area contributed by atoms with Gasteiger partial charge in [-0.05, 0) is 12.1 Å². The zero-order chi connectivity index (χ0) is 7.56. The molecule has 0 saturated carbocycles. The van der Waals surface area contributed by atoms with E-state index in [1.165, 1.54) is 12.1 Å². The van der Waals surface area contributed by atoms with Crippen LogP contribution in [0.2, 0.25) is 0 Å². The number of aromatic hydroxyl groups is 1. The molecule has 1 rings (SSSR count). The monoisotopic (exact) mass is 157 g/mol. The van der Waals surface area contributed by atoms with Gasteiger partial charge in [-0.1, -0.05) is 12.1 Å². The van der Waals surface area contributed by atoms with Crippen molar-refractivity contribution in [2.75, 3.05) is 0 Å². The first kappa shape index (κ1) is 7.24. The van der Waals surface area contributed by atoms with Crippen LogP contribution in [0, 0.1) is 0 Å². The molecular weight excluding hydrogens is 150 g/mol. The normalized spacial score (nSPS) is 12.9. The third-order valence-corrected chi connectivity index (χ3v) is 1.86. The van der Waals surface area contributed by atoms with Gasteiger partial charge in [0, 0.05) is 0 Å². The van der Waals surface area contributed by atoms with Gasteiger partial charge in [0.1, 0.15) is 16.7 Å². The molecule has 0 aromatic heterocycles. The van der Waals surface area contributed by atoms with Gasteiger partial charge in [0.15, 0.2) is 0 Å². The lowest BCUT2D eigenvalue weighted by Crippen LogP contribution is -2.02. The third-order valence-electron chi connectivity index (χ3n) is 1.08. The van der Waals surface area contributed by atoms with Crippen molar-refractivity contribution in [2.24, 2.45) is 5.14 Å². The minimum Gasteiger partial charge on any atom is -0.507 e. The van der Waals surface area contributed by atoms with Crippen molar-refractivity contribution in [3.63, 3.8) is 0 Å². The van der Waals surface area contributed by atoms with Gasteiger partial charge in [0.25, 0.3) is 0 Å². The Morgan fingerprint density at radius 1 is 1.40 bits per heavy atom. The molecule has 0 saturated heterocycles. The summed E-state index contributed by atoms with van der Waals surface area (Å²) in [6, 6.07) is 6.27. The first-order valence-corrected chi connectivity index (χ1v) is 3.87. The second kappa shape index (κ2) is 2.81. The van der Waals surface area contributed by atoms with Gasteiger partial charge >= 0.3 is 0 Å². The van der Waals surface area contributed by atoms with E-state index >= 15 is 0 Å². The minimum absolute atomic E-state index is 0.0247. The van der Waals surface area contributed by atoms with Crippen LogP contribution in [0.3, 0.4) is 0 Å². The van der Waals surface area contributed by atoms with Gasteiger partial charge < -0.3 is 5.11 Å². The maximum Gasteiger partial charge on any atom is 0.133 e. The van der Waals surface area contributed by atoms with Crippen LogP contribution >= 0.6 is 0 Å². The van der Waals surface area contributed by atoms with Crippen LogP contribution in [-0.4, -0.2) is 9.32 Å². The smallest absolute Gasteiger partial charge is 0.133 e. The van der Waals surface area contributed by atoms with Crippen molar-refractivity contribution in [3.8, 4) is 5.75 Å². The minimum atomic E-state index is -1.59. The lowest BCUT2D eigenvalue weighted by Gasteiger charge is -1.96. The fourth-order valence-electron chi connectivity index (χ4n) is 0.627. The summed E-state index contributed by atoms with van der Waals surface area (Å²) in [5, 5.41) is 14.0. The van der Waals surface area contributed by atoms with E-state index in [0.29, 0.717) is 0 Å². The molecule has 3 nitrogen and oxygen atoms in total. The van der Waals surface area contributed by atoms with Crippen molar-refractivity contribution < 1.29 is 9.32 Å². The summed E-state index contributed by atoms with van der Waals surface area (Å²) in [6.07, 6.45) is 0. The quantitative estimate of drug-likeness (QED) is 0.618. The van der Waals surface area contributed by atoms with Gasteiger partial charge in [-0.2, -0.15) is 0 Å². The van der Waals surface area contributed by atoms with Crippen LogP contribution in [0.25, 0.3) is 0 Å². The molecular formula is C6H7NO2S. The second-order valence-corrected chi connectivity index (χ2v) is 2.80. The standard InChI is InChI=1S/C6H7NO2S/c7-10(9)6-4-2-1-3-5(6)8/h1-4,8H,7H2. The topological polar surface area (TPSA) is 63.3 Å². The highest BCUT2D eigenvalue weighted by molar-refractivity contribution is 7.82. The molecule has 0 fully saturated rings. The van der Waals surface area contributed by atoms with Crippen molar-refractivity contribution in [2.45, 2.75) is 4.90 Å². The highest BCUT2D eigenvalue weighted by Gasteiger charge is 2.01. The number of phenolic OH excluding ortho intramolecular Hbond substituents is 1. The number of rotatable bonds is 1. The second-order valence-electron chi connectivity index (χ2n) is 1.77. The van der Waals surface area contributed by atoms with Crippen molar-refractivity contribution in [1.29, 1.82) is 0 Å². The maximum atomic E-state index is 10.6. The molecule has 0 heterocycles. The number of para-hydroxylation sites is 1. The molecule has 4 heteroatoms. The number of phenols is 1. The van der Waals surface area contributed by atoms with E-state index in [2.05, 4.69) is 0 Å². The Bertz CT molecular complexity index is 262. The van der Waals surface area contributed by atoms with Crippen LogP contribution in [0.1, 0.15) is 0 Å². The fourth-order valence-corrected chi connectivity index (χ4v) is 1.11.